The molecular weight excluding hydrogens is 687 g/mol. The third-order valence-corrected chi connectivity index (χ3v) is 14.0. The van der Waals surface area contributed by atoms with Gasteiger partial charge in [-0.15, -0.1) is 0 Å². The van der Waals surface area contributed by atoms with Crippen molar-refractivity contribution in [1.29, 1.82) is 0 Å². The molecule has 1 nitrogen and oxygen atoms in total. The Kier molecular flexibility index (Phi) is 7.36. The van der Waals surface area contributed by atoms with Crippen LogP contribution in [0.2, 0.25) is 0 Å². The number of nitrogens with zero attached hydrogens (tertiary/aromatic N) is 1. The van der Waals surface area contributed by atoms with Gasteiger partial charge in [0.25, 0.3) is 0 Å². The van der Waals surface area contributed by atoms with Crippen LogP contribution in [0.1, 0.15) is 59.4 Å². The molecular formula is C56H43N. The van der Waals surface area contributed by atoms with E-state index in [4.69, 9.17) is 0 Å². The van der Waals surface area contributed by atoms with E-state index >= 15 is 0 Å². The molecule has 4 aliphatic rings. The molecule has 12 rings (SSSR count). The van der Waals surface area contributed by atoms with Gasteiger partial charge in [-0.25, -0.2) is 0 Å². The third kappa shape index (κ3) is 5.01. The summed E-state index contributed by atoms with van der Waals surface area (Å²) in [5, 5.41) is 0. The smallest absolute Gasteiger partial charge is 0.0464 e. The topological polar surface area (TPSA) is 3.24 Å². The molecule has 2 fully saturated rings. The van der Waals surface area contributed by atoms with Crippen molar-refractivity contribution in [3.8, 4) is 44.5 Å². The Balaban J connectivity index is 0.948. The molecule has 272 valence electrons. The summed E-state index contributed by atoms with van der Waals surface area (Å²) in [6.07, 6.45) is 5.45. The Bertz CT molecular complexity index is 2770. The molecule has 4 aliphatic carbocycles. The normalized spacial score (nSPS) is 19.6. The summed E-state index contributed by atoms with van der Waals surface area (Å²) in [4.78, 5) is 2.43. The number of rotatable bonds is 6. The van der Waals surface area contributed by atoms with Gasteiger partial charge in [0.2, 0.25) is 0 Å². The minimum Gasteiger partial charge on any atom is -0.310 e. The van der Waals surface area contributed by atoms with Crippen molar-refractivity contribution in [2.24, 2.45) is 11.8 Å². The fraction of sp³-hybridized carbons (Fsp3) is 0.143. The van der Waals surface area contributed by atoms with Crippen molar-refractivity contribution in [1.82, 2.24) is 0 Å². The highest BCUT2D eigenvalue weighted by Crippen LogP contribution is 2.66. The Morgan fingerprint density at radius 1 is 0.404 bits per heavy atom. The molecule has 2 bridgehead atoms. The molecule has 0 aromatic heterocycles. The fourth-order valence-corrected chi connectivity index (χ4v) is 11.6. The molecule has 8 aromatic carbocycles. The van der Waals surface area contributed by atoms with Gasteiger partial charge in [0, 0.05) is 28.4 Å². The van der Waals surface area contributed by atoms with Crippen molar-refractivity contribution in [2.45, 2.75) is 37.0 Å². The lowest BCUT2D eigenvalue weighted by molar-refractivity contribution is 0.327. The zero-order chi connectivity index (χ0) is 37.5. The highest BCUT2D eigenvalue weighted by atomic mass is 15.1. The lowest BCUT2D eigenvalue weighted by Gasteiger charge is -2.36. The molecule has 57 heavy (non-hydrogen) atoms. The van der Waals surface area contributed by atoms with Gasteiger partial charge in [0.1, 0.15) is 0 Å². The van der Waals surface area contributed by atoms with Crippen LogP contribution >= 0.6 is 0 Å². The van der Waals surface area contributed by atoms with E-state index in [0.29, 0.717) is 0 Å². The van der Waals surface area contributed by atoms with Crippen LogP contribution in [0.5, 0.6) is 0 Å². The number of hydrogen-bond donors (Lipinski definition) is 0. The van der Waals surface area contributed by atoms with Crippen LogP contribution in [0.3, 0.4) is 0 Å². The number of benzene rings is 8. The summed E-state index contributed by atoms with van der Waals surface area (Å²) in [6, 6.07) is 72.8. The molecule has 3 atom stereocenters. The largest absolute Gasteiger partial charge is 0.310 e. The quantitative estimate of drug-likeness (QED) is 0.165. The van der Waals surface area contributed by atoms with Gasteiger partial charge in [-0.1, -0.05) is 158 Å². The predicted molar refractivity (Wildman–Crippen MR) is 236 cm³/mol. The van der Waals surface area contributed by atoms with E-state index < -0.39 is 0 Å². The summed E-state index contributed by atoms with van der Waals surface area (Å²) in [6.45, 7) is 0. The monoisotopic (exact) mass is 729 g/mol. The van der Waals surface area contributed by atoms with Gasteiger partial charge >= 0.3 is 0 Å². The molecule has 0 saturated heterocycles. The minimum absolute atomic E-state index is 0.179. The summed E-state index contributed by atoms with van der Waals surface area (Å²) < 4.78 is 0. The molecule has 3 unspecified atom stereocenters. The third-order valence-electron chi connectivity index (χ3n) is 14.0. The maximum absolute atomic E-state index is 2.56. The molecule has 0 aliphatic heterocycles. The van der Waals surface area contributed by atoms with Crippen LogP contribution in [0.4, 0.5) is 17.1 Å². The number of hydrogen-bond acceptors (Lipinski definition) is 1. The maximum Gasteiger partial charge on any atom is 0.0464 e. The molecule has 1 spiro atoms. The average molecular weight is 730 g/mol. The summed E-state index contributed by atoms with van der Waals surface area (Å²) in [7, 11) is 0. The van der Waals surface area contributed by atoms with Gasteiger partial charge in [-0.3, -0.25) is 0 Å². The highest BCUT2D eigenvalue weighted by molar-refractivity contribution is 5.86. The molecule has 8 aromatic rings. The van der Waals surface area contributed by atoms with E-state index in [1.54, 1.807) is 11.1 Å². The van der Waals surface area contributed by atoms with Crippen LogP contribution in [-0.4, -0.2) is 0 Å². The van der Waals surface area contributed by atoms with Crippen LogP contribution in [0.15, 0.2) is 194 Å². The molecule has 0 N–H and O–H groups in total. The Labute approximate surface area is 335 Å². The SMILES string of the molecule is c1ccc(-c2ccc(N(c3ccc(-c4ccc5c(c4)C4(CC6CCC4C6)c4ccccc4-5)cc3)c3cccc(C4c5ccccc5-c5ccccc54)c3)cc2)cc1. The van der Waals surface area contributed by atoms with E-state index in [9.17, 15) is 0 Å². The van der Waals surface area contributed by atoms with Crippen molar-refractivity contribution in [2.75, 3.05) is 4.90 Å². The molecule has 0 radical (unpaired) electrons. The molecule has 2 saturated carbocycles. The zero-order valence-electron chi connectivity index (χ0n) is 32.0. The van der Waals surface area contributed by atoms with Crippen molar-refractivity contribution in [3.05, 3.63) is 222 Å². The second-order valence-electron chi connectivity index (χ2n) is 16.9. The van der Waals surface area contributed by atoms with Crippen LogP contribution in [0.25, 0.3) is 44.5 Å². The molecule has 1 heteroatoms. The highest BCUT2D eigenvalue weighted by Gasteiger charge is 2.56. The molecule has 0 amide bonds. The van der Waals surface area contributed by atoms with E-state index in [1.165, 1.54) is 86.9 Å². The lowest BCUT2D eigenvalue weighted by atomic mass is 9.66. The van der Waals surface area contributed by atoms with Gasteiger partial charge in [0.05, 0.1) is 0 Å². The lowest BCUT2D eigenvalue weighted by Crippen LogP contribution is -2.31. The zero-order valence-corrected chi connectivity index (χ0v) is 32.0. The standard InChI is InChI=1S/C56H43N/c1-2-11-38(12-3-1)39-22-28-44(29-23-39)57(46-14-10-13-42(34-46)55-51-18-6-4-15-47(51)48-16-5-7-19-52(48)55)45-30-24-40(25-31-45)41-26-32-50-49-17-8-9-20-53(49)56(54(50)35-41)36-37-21-27-43(56)33-37/h1-20,22-26,28-32,34-35,37,43,55H,21,27,33,36H2. The summed E-state index contributed by atoms with van der Waals surface area (Å²) in [5.74, 6) is 1.80. The maximum atomic E-state index is 2.56. The van der Waals surface area contributed by atoms with Gasteiger partial charge < -0.3 is 4.90 Å². The first kappa shape index (κ1) is 32.8. The minimum atomic E-state index is 0.179. The number of fused-ring (bicyclic) bond motifs is 11. The first-order valence-corrected chi connectivity index (χ1v) is 20.8. The van der Waals surface area contributed by atoms with Crippen LogP contribution in [0, 0.1) is 11.8 Å². The Morgan fingerprint density at radius 2 is 0.982 bits per heavy atom. The van der Waals surface area contributed by atoms with E-state index in [1.807, 2.05) is 0 Å². The van der Waals surface area contributed by atoms with E-state index in [0.717, 1.165) is 28.9 Å². The predicted octanol–water partition coefficient (Wildman–Crippen LogP) is 14.7. The summed E-state index contributed by atoms with van der Waals surface area (Å²) >= 11 is 0. The van der Waals surface area contributed by atoms with E-state index in [-0.39, 0.29) is 11.3 Å². The van der Waals surface area contributed by atoms with E-state index in [2.05, 4.69) is 199 Å². The Morgan fingerprint density at radius 3 is 1.65 bits per heavy atom. The van der Waals surface area contributed by atoms with Crippen LogP contribution < -0.4 is 4.90 Å². The first-order valence-electron chi connectivity index (χ1n) is 20.8. The van der Waals surface area contributed by atoms with Gasteiger partial charge in [-0.05, 0) is 146 Å². The van der Waals surface area contributed by atoms with Crippen LogP contribution in [-0.2, 0) is 5.41 Å². The second-order valence-corrected chi connectivity index (χ2v) is 16.9. The first-order chi connectivity index (χ1) is 28.2. The van der Waals surface area contributed by atoms with Gasteiger partial charge in [0.15, 0.2) is 0 Å². The van der Waals surface area contributed by atoms with Crippen molar-refractivity contribution >= 4 is 17.1 Å². The van der Waals surface area contributed by atoms with Crippen molar-refractivity contribution < 1.29 is 0 Å². The van der Waals surface area contributed by atoms with Crippen molar-refractivity contribution in [3.63, 3.8) is 0 Å². The fourth-order valence-electron chi connectivity index (χ4n) is 11.6. The molecule has 0 heterocycles. The Hall–Kier alpha value is -6.44. The average Bonchev–Trinajstić information content (AvgIpc) is 4.05. The van der Waals surface area contributed by atoms with Gasteiger partial charge in [-0.2, -0.15) is 0 Å². The summed E-state index contributed by atoms with van der Waals surface area (Å²) in [5.41, 5.74) is 21.5. The second kappa shape index (κ2) is 12.8. The number of anilines is 3.